The largest absolute Gasteiger partial charge is 0.324 e. The van der Waals surface area contributed by atoms with Crippen LogP contribution in [0.15, 0.2) is 97.1 Å². The smallest absolute Gasteiger partial charge is 0.164 e. The van der Waals surface area contributed by atoms with Gasteiger partial charge in [0.25, 0.3) is 0 Å². The molecule has 0 amide bonds. The van der Waals surface area contributed by atoms with Gasteiger partial charge in [-0.1, -0.05) is 97.1 Å². The van der Waals surface area contributed by atoms with E-state index < -0.39 is 0 Å². The van der Waals surface area contributed by atoms with Crippen molar-refractivity contribution in [3.63, 3.8) is 0 Å². The maximum absolute atomic E-state index is 5.02. The summed E-state index contributed by atoms with van der Waals surface area (Å²) in [7, 11) is 0. The Morgan fingerprint density at radius 2 is 0.533 bits per heavy atom. The first-order valence-corrected chi connectivity index (χ1v) is 13.0. The van der Waals surface area contributed by atoms with Crippen molar-refractivity contribution >= 4 is 162 Å². The van der Waals surface area contributed by atoms with Crippen molar-refractivity contribution in [3.8, 4) is 45.6 Å². The molecule has 8 bridgehead atoms. The molecule has 2 aliphatic rings. The normalized spacial score (nSPS) is 10.7. The van der Waals surface area contributed by atoms with Gasteiger partial charge in [-0.2, -0.15) is 0 Å². The predicted molar refractivity (Wildman–Crippen MR) is 185 cm³/mol. The number of fused-ring (bicyclic) bond motifs is 20. The van der Waals surface area contributed by atoms with Gasteiger partial charge in [-0.15, -0.1) is 0 Å². The summed E-state index contributed by atoms with van der Waals surface area (Å²) in [5.74, 6) is 2.39. The van der Waals surface area contributed by atoms with Crippen LogP contribution < -0.4 is 0 Å². The number of benzene rings is 4. The zero-order valence-corrected chi connectivity index (χ0v) is 24.6. The van der Waals surface area contributed by atoms with Gasteiger partial charge in [-0.05, 0) is 0 Å². The topological polar surface area (TPSA) is 109 Å². The Hall–Kier alpha value is -1.14. The van der Waals surface area contributed by atoms with Crippen LogP contribution in [-0.4, -0.2) is 158 Å². The Balaban J connectivity index is 0.000000922. The SMILES string of the molecule is [NaH].[NaH].[NaH].[NaH].[Zn].c1ccc2c(c1)-c1nc-2nc2[nH]c(nc3nc(nc4[nH]c(n1)c1ccccc41)-c1ccccc1-3)c1ccccc21. The minimum atomic E-state index is 0. The molecule has 7 aromatic rings. The summed E-state index contributed by atoms with van der Waals surface area (Å²) in [6.45, 7) is 0. The molecule has 0 unspecified atom stereocenters. The van der Waals surface area contributed by atoms with Gasteiger partial charge in [0.15, 0.2) is 23.3 Å². The van der Waals surface area contributed by atoms with Gasteiger partial charge in [0.2, 0.25) is 0 Å². The Labute approximate surface area is 359 Å². The molecule has 8 nitrogen and oxygen atoms in total. The van der Waals surface area contributed by atoms with Crippen LogP contribution in [0.3, 0.4) is 0 Å². The van der Waals surface area contributed by atoms with Crippen molar-refractivity contribution in [3.05, 3.63) is 97.1 Å². The van der Waals surface area contributed by atoms with E-state index in [0.717, 1.165) is 43.8 Å². The predicted octanol–water partition coefficient (Wildman–Crippen LogP) is 4.27. The molecule has 196 valence electrons. The molecule has 0 saturated heterocycles. The third-order valence-corrected chi connectivity index (χ3v) is 7.46. The zero-order chi connectivity index (χ0) is 26.2. The Kier molecular flexibility index (Phi) is 12.2. The molecular weight excluding hydrogens is 654 g/mol. The van der Waals surface area contributed by atoms with Crippen LogP contribution in [0.25, 0.3) is 89.7 Å². The number of rotatable bonds is 0. The number of nitrogens with one attached hydrogen (secondary N) is 2. The fourth-order valence-corrected chi connectivity index (χ4v) is 5.59. The summed E-state index contributed by atoms with van der Waals surface area (Å²) in [6, 6.07) is 32.2. The van der Waals surface area contributed by atoms with Gasteiger partial charge in [0, 0.05) is 63.3 Å². The molecule has 9 rings (SSSR count). The average Bonchev–Trinajstić information content (AvgIpc) is 3.73. The summed E-state index contributed by atoms with van der Waals surface area (Å²) < 4.78 is 0. The molecule has 3 aromatic heterocycles. The third-order valence-electron chi connectivity index (χ3n) is 7.46. The van der Waals surface area contributed by atoms with Gasteiger partial charge in [-0.25, -0.2) is 29.9 Å². The van der Waals surface area contributed by atoms with E-state index in [0.29, 0.717) is 45.9 Å². The van der Waals surface area contributed by atoms with E-state index in [4.69, 9.17) is 29.9 Å². The van der Waals surface area contributed by atoms with E-state index in [1.165, 1.54) is 0 Å². The first kappa shape index (κ1) is 36.7. The third kappa shape index (κ3) is 6.27. The molecule has 0 radical (unpaired) electrons. The standard InChI is InChI=1S/C32H18N8.4Na.Zn.4H/c1-2-10-18-17(9-1)25-33-26(18)38-28-21-13-5-6-14-22(21)30(35-28)40-32-24-16-8-7-15-23(24)31(36-32)39-29-20-12-4-3-11-19(20)27(34-29)37-25;;;;;;;;;/h1-16H,(H2,33,34,35,36,37,38,39,40);;;;;;;;;. The molecule has 0 aliphatic carbocycles. The van der Waals surface area contributed by atoms with Crippen molar-refractivity contribution in [2.24, 2.45) is 0 Å². The van der Waals surface area contributed by atoms with Crippen LogP contribution in [0.4, 0.5) is 0 Å². The van der Waals surface area contributed by atoms with E-state index in [-0.39, 0.29) is 138 Å². The molecule has 0 saturated carbocycles. The average molecular weight is 676 g/mol. The quantitative estimate of drug-likeness (QED) is 0.233. The number of hydrogen-bond acceptors (Lipinski definition) is 6. The number of aromatic nitrogens is 8. The van der Waals surface area contributed by atoms with Crippen molar-refractivity contribution in [2.75, 3.05) is 0 Å². The molecule has 2 aliphatic heterocycles. The number of aromatic amines is 2. The second-order valence-electron chi connectivity index (χ2n) is 9.79. The molecular formula is C32H22N8Na4Zn. The maximum atomic E-state index is 5.02. The number of hydrogen-bond donors (Lipinski definition) is 2. The van der Waals surface area contributed by atoms with Crippen LogP contribution in [0.1, 0.15) is 0 Å². The fourth-order valence-electron chi connectivity index (χ4n) is 5.59. The Bertz CT molecular complexity index is 2050. The van der Waals surface area contributed by atoms with Crippen LogP contribution in [0.5, 0.6) is 0 Å². The number of H-pyrrole nitrogens is 2. The van der Waals surface area contributed by atoms with Gasteiger partial charge in [0.1, 0.15) is 22.6 Å². The minimum Gasteiger partial charge on any atom is -0.324 e. The summed E-state index contributed by atoms with van der Waals surface area (Å²) in [5, 5.41) is 3.82. The van der Waals surface area contributed by atoms with Gasteiger partial charge >= 0.3 is 118 Å². The van der Waals surface area contributed by atoms with Crippen molar-refractivity contribution in [1.82, 2.24) is 39.9 Å². The number of nitrogens with zero attached hydrogens (tertiary/aromatic N) is 6. The van der Waals surface area contributed by atoms with Gasteiger partial charge in [-0.3, -0.25) is 0 Å². The molecule has 13 heteroatoms. The van der Waals surface area contributed by atoms with Crippen LogP contribution >= 0.6 is 0 Å². The second kappa shape index (κ2) is 15.0. The van der Waals surface area contributed by atoms with Crippen molar-refractivity contribution in [2.45, 2.75) is 0 Å². The summed E-state index contributed by atoms with van der Waals surface area (Å²) in [5.41, 5.74) is 6.45. The molecule has 0 spiro atoms. The first-order chi connectivity index (χ1) is 19.8. The zero-order valence-electron chi connectivity index (χ0n) is 21.6. The van der Waals surface area contributed by atoms with Crippen LogP contribution in [-0.2, 0) is 19.5 Å². The first-order valence-electron chi connectivity index (χ1n) is 13.0. The van der Waals surface area contributed by atoms with Gasteiger partial charge < -0.3 is 9.97 Å². The Morgan fingerprint density at radius 1 is 0.311 bits per heavy atom. The van der Waals surface area contributed by atoms with E-state index >= 15 is 0 Å². The summed E-state index contributed by atoms with van der Waals surface area (Å²) >= 11 is 0. The van der Waals surface area contributed by atoms with E-state index in [1.807, 2.05) is 97.1 Å². The minimum absolute atomic E-state index is 0. The van der Waals surface area contributed by atoms with E-state index in [2.05, 4.69) is 9.97 Å². The molecule has 45 heavy (non-hydrogen) atoms. The van der Waals surface area contributed by atoms with E-state index in [1.54, 1.807) is 0 Å². The van der Waals surface area contributed by atoms with Crippen molar-refractivity contribution < 1.29 is 19.5 Å². The molecule has 4 aromatic carbocycles. The van der Waals surface area contributed by atoms with Crippen LogP contribution in [0.2, 0.25) is 0 Å². The van der Waals surface area contributed by atoms with Crippen molar-refractivity contribution in [1.29, 1.82) is 0 Å². The fraction of sp³-hybridized carbons (Fsp3) is 0. The maximum Gasteiger partial charge on any atom is 0.164 e. The monoisotopic (exact) mass is 674 g/mol. The molecule has 0 atom stereocenters. The van der Waals surface area contributed by atoms with E-state index in [9.17, 15) is 0 Å². The van der Waals surface area contributed by atoms with Crippen LogP contribution in [0, 0.1) is 0 Å². The molecule has 2 N–H and O–H groups in total. The molecule has 0 fully saturated rings. The molecule has 5 heterocycles. The second-order valence-corrected chi connectivity index (χ2v) is 9.79. The summed E-state index contributed by atoms with van der Waals surface area (Å²) in [4.78, 5) is 36.8. The van der Waals surface area contributed by atoms with Gasteiger partial charge in [0.05, 0.1) is 0 Å². The Morgan fingerprint density at radius 3 is 0.778 bits per heavy atom. The summed E-state index contributed by atoms with van der Waals surface area (Å²) in [6.07, 6.45) is 0.